The third kappa shape index (κ3) is 11.1. The van der Waals surface area contributed by atoms with Crippen LogP contribution in [-0.4, -0.2) is 30.3 Å². The number of rotatable bonds is 16. The summed E-state index contributed by atoms with van der Waals surface area (Å²) < 4.78 is 443. The van der Waals surface area contributed by atoms with Gasteiger partial charge >= 0.3 is 0 Å². The summed E-state index contributed by atoms with van der Waals surface area (Å²) in [7, 11) is -14.4. The van der Waals surface area contributed by atoms with E-state index in [-0.39, 0.29) is 33.7 Å². The second kappa shape index (κ2) is 26.2. The molecule has 0 aliphatic heterocycles. The summed E-state index contributed by atoms with van der Waals surface area (Å²) in [5.41, 5.74) is -5.75. The first-order valence-corrected chi connectivity index (χ1v) is 35.1. The zero-order valence-corrected chi connectivity index (χ0v) is 55.2. The van der Waals surface area contributed by atoms with Gasteiger partial charge in [-0.05, 0) is 147 Å². The Labute approximate surface area is 654 Å². The first-order chi connectivity index (χ1) is 67.9. The number of para-hydroxylation sites is 1. The number of pyridine rings is 1. The molecule has 101 heavy (non-hydrogen) atoms. The van der Waals surface area contributed by atoms with Crippen LogP contribution in [0, 0.1) is 6.33 Å². The third-order valence-electron chi connectivity index (χ3n) is 17.3. The average molecular weight is 1370 g/mol. The lowest BCUT2D eigenvalue weighted by molar-refractivity contribution is -0.570. The molecule has 0 aliphatic rings. The van der Waals surface area contributed by atoms with E-state index >= 15 is 0 Å². The van der Waals surface area contributed by atoms with E-state index in [1.165, 1.54) is 30.3 Å². The molecule has 0 N–H and O–H groups in total. The van der Waals surface area contributed by atoms with Gasteiger partial charge in [-0.2, -0.15) is 0 Å². The quantitative estimate of drug-likeness (QED) is 0.0418. The number of ether oxygens (including phenoxy) is 1. The van der Waals surface area contributed by atoms with Crippen LogP contribution in [0.2, 0.25) is 0 Å². The number of hydrogen-bond donors (Lipinski definition) is 0. The molecule has 17 rings (SSSR count). The highest BCUT2D eigenvalue weighted by atomic mass is 28.3. The minimum Gasteiger partial charge on any atom is -0.458 e. The standard InChI is InChI=1S/C94H72N4OSi2/c1-94(2,3)73-58-59-95-92(64-73)98-87-53-29-28-52-84(87)85-56-55-76(66-89(85)98)99-75-38-31-37-74(65-75)96-67-97(88-57-54-70(62-90(88)96)68-32-12-4-13-33-68)93-86(71-36-30-51-83(60-71)100(77-39-16-6-17-40-77,78-41-18-7-19-42-78)79-43-20-8-21-44-79)61-72(69-34-14-5-15-35-69)63-91(93)101(80-45-22-9-23-46-80,81-47-24-10-25-48-81)82-49-26-11-27-50-82/h4-66H,1-3H3/i4D,5D,6D,7D,8D,9D,10D,11D,12D,13D,14D,15D,16D,17D,18D,19D,20D,21D,22D,23D,24D,25D,26D,27D,30D,32D,33D,34D,35D,36D,39D,40D,41D,42D,43D,44D,45D,46D,47D,48D,49D,50D,51D,60D. The third-order valence-corrected chi connectivity index (χ3v) is 25.5. The molecular weight excluding hydrogens is 1260 g/mol. The first-order valence-electron chi connectivity index (χ1n) is 53.1. The van der Waals surface area contributed by atoms with Gasteiger partial charge in [0.2, 0.25) is 0 Å². The molecule has 7 heteroatoms. The van der Waals surface area contributed by atoms with E-state index in [0.717, 1.165) is 55.3 Å². The number of imidazole rings is 1. The number of aromatic nitrogens is 4. The molecule has 0 radical (unpaired) electrons. The minimum atomic E-state index is -7.25. The van der Waals surface area contributed by atoms with Crippen LogP contribution in [0.25, 0.3) is 83.4 Å². The normalized spacial score (nSPS) is 18.0. The largest absolute Gasteiger partial charge is 0.458 e. The van der Waals surface area contributed by atoms with Crippen LogP contribution in [0.15, 0.2) is 381 Å². The summed E-state index contributed by atoms with van der Waals surface area (Å²) in [6.07, 6.45) is 4.88. The van der Waals surface area contributed by atoms with Crippen molar-refractivity contribution >= 4 is 90.5 Å². The van der Waals surface area contributed by atoms with E-state index in [4.69, 9.17) is 19.3 Å². The van der Waals surface area contributed by atoms with Crippen LogP contribution in [0.5, 0.6) is 11.5 Å². The molecule has 0 saturated heterocycles. The highest BCUT2D eigenvalue weighted by molar-refractivity contribution is 7.21. The molecule has 0 aliphatic carbocycles. The van der Waals surface area contributed by atoms with Gasteiger partial charge in [0.15, 0.2) is 16.1 Å². The summed E-state index contributed by atoms with van der Waals surface area (Å²) in [6.45, 7) is 6.11. The molecule has 0 saturated carbocycles. The molecule has 482 valence electrons. The molecule has 14 aromatic carbocycles. The van der Waals surface area contributed by atoms with Crippen LogP contribution >= 0.6 is 0 Å². The average Bonchev–Trinajstić information content (AvgIpc) is 0.977. The van der Waals surface area contributed by atoms with Gasteiger partial charge in [0, 0.05) is 23.0 Å². The van der Waals surface area contributed by atoms with Crippen molar-refractivity contribution in [2.45, 2.75) is 26.2 Å². The van der Waals surface area contributed by atoms with Gasteiger partial charge in [-0.15, -0.1) is 0 Å². The van der Waals surface area contributed by atoms with Crippen molar-refractivity contribution < 1.29 is 69.6 Å². The van der Waals surface area contributed by atoms with Gasteiger partial charge in [0.1, 0.15) is 17.3 Å². The topological polar surface area (TPSA) is 35.9 Å². The summed E-state index contributed by atoms with van der Waals surface area (Å²) in [5.74, 6) is 0.624. The van der Waals surface area contributed by atoms with Crippen molar-refractivity contribution in [2.75, 3.05) is 0 Å². The second-order valence-electron chi connectivity index (χ2n) is 23.9. The maximum atomic E-state index is 11.7. The Morgan fingerprint density at radius 3 is 1.48 bits per heavy atom. The Hall–Kier alpha value is -12.3. The van der Waals surface area contributed by atoms with Crippen LogP contribution in [-0.2, 0) is 5.41 Å². The molecule has 0 unspecified atom stereocenters. The Morgan fingerprint density at radius 1 is 0.396 bits per heavy atom. The fourth-order valence-electron chi connectivity index (χ4n) is 12.8. The first kappa shape index (κ1) is 30.9. The number of fused-ring (bicyclic) bond motifs is 4. The molecule has 5 nitrogen and oxygen atoms in total. The Morgan fingerprint density at radius 2 is 0.901 bits per heavy atom. The molecule has 0 bridgehead atoms. The summed E-state index contributed by atoms with van der Waals surface area (Å²) in [5, 5.41) is -9.46. The van der Waals surface area contributed by atoms with Crippen LogP contribution in [0.4, 0.5) is 0 Å². The summed E-state index contributed by atoms with van der Waals surface area (Å²) >= 11 is 0. The van der Waals surface area contributed by atoms with E-state index in [0.29, 0.717) is 11.3 Å². The molecule has 0 atom stereocenters. The maximum absolute atomic E-state index is 11.7. The fourth-order valence-corrected chi connectivity index (χ4v) is 20.4. The molecule has 0 fully saturated rings. The lowest BCUT2D eigenvalue weighted by Crippen LogP contribution is -2.76. The van der Waals surface area contributed by atoms with Crippen molar-refractivity contribution in [1.82, 2.24) is 14.1 Å². The highest BCUT2D eigenvalue weighted by Gasteiger charge is 2.46. The van der Waals surface area contributed by atoms with Crippen molar-refractivity contribution in [3.05, 3.63) is 393 Å². The number of benzene rings is 14. The highest BCUT2D eigenvalue weighted by Crippen LogP contribution is 2.38. The van der Waals surface area contributed by atoms with E-state index in [1.54, 1.807) is 24.4 Å². The molecule has 3 heterocycles. The molecule has 0 amide bonds. The van der Waals surface area contributed by atoms with Gasteiger partial charge in [0.25, 0.3) is 6.33 Å². The Kier molecular flexibility index (Phi) is 8.01. The lowest BCUT2D eigenvalue weighted by Gasteiger charge is -2.37. The Bertz CT molecular complexity index is 8110. The van der Waals surface area contributed by atoms with Crippen molar-refractivity contribution in [3.63, 3.8) is 0 Å². The van der Waals surface area contributed by atoms with Crippen LogP contribution in [0.3, 0.4) is 0 Å². The zero-order valence-electron chi connectivity index (χ0n) is 97.2. The summed E-state index contributed by atoms with van der Waals surface area (Å²) in [4.78, 5) is 4.83. The Balaban J connectivity index is 1.19. The van der Waals surface area contributed by atoms with E-state index in [2.05, 4.69) is 6.33 Å². The summed E-state index contributed by atoms with van der Waals surface area (Å²) in [6, 6.07) is -32.0. The van der Waals surface area contributed by atoms with Crippen molar-refractivity contribution in [3.8, 4) is 62.1 Å². The lowest BCUT2D eigenvalue weighted by atomic mass is 9.88. The van der Waals surface area contributed by atoms with Gasteiger partial charge in [-0.1, -0.05) is 329 Å². The molecular formula is C94H72N4OSi2. The zero-order chi connectivity index (χ0) is 106. The SMILES string of the molecule is [2H]c1c([2H])c([2H])c(-c2cc(-c3c([2H])c([2H])c([2H])c([Si](c4c([2H])c([2H])c([2H])c([2H])c4[2H])(c4c([2H])c([2H])c([2H])c([2H])c4[2H])c4c([2H])c([2H])c([2H])c([2H])c4[2H])c3[2H])c(-[n+]3[c-]n(-c4cccc(Oc5ccc6c7ccccc7n(-c7cc(C(C)(C)C)ccn7)c6c5)c4)c4cc(-c5c([2H])c([2H])c([2H])c([2H])c5[2H])ccc43)c([Si](c3c([2H])c([2H])c([2H])c([2H])c3[2H])(c3c([2H])c([2H])c([2H])c([2H])c3[2H])c3c([2H])c([2H])c([2H])c([2H])c3[2H])c2)c([2H])c1[2H]. The van der Waals surface area contributed by atoms with Crippen molar-refractivity contribution in [2.24, 2.45) is 0 Å². The van der Waals surface area contributed by atoms with Crippen LogP contribution < -0.4 is 50.8 Å². The smallest absolute Gasteiger partial charge is 0.269 e. The molecule has 17 aromatic rings. The van der Waals surface area contributed by atoms with Gasteiger partial charge in [0.05, 0.1) is 93.8 Å². The second-order valence-corrected chi connectivity index (χ2v) is 31.0. The van der Waals surface area contributed by atoms with Gasteiger partial charge in [-0.25, -0.2) is 4.98 Å². The van der Waals surface area contributed by atoms with E-state index in [1.807, 2.05) is 61.7 Å². The predicted molar refractivity (Wildman–Crippen MR) is 425 cm³/mol. The predicted octanol–water partition coefficient (Wildman–Crippen LogP) is 17.0. The number of nitrogens with zero attached hydrogens (tertiary/aromatic N) is 4. The monoisotopic (exact) mass is 1370 g/mol. The number of hydrogen-bond acceptors (Lipinski definition) is 2. The molecule has 0 spiro atoms. The van der Waals surface area contributed by atoms with Crippen LogP contribution in [0.1, 0.15) is 86.6 Å². The maximum Gasteiger partial charge on any atom is 0.269 e. The van der Waals surface area contributed by atoms with E-state index < -0.39 is 363 Å². The molecule has 3 aromatic heterocycles. The van der Waals surface area contributed by atoms with Crippen molar-refractivity contribution in [1.29, 1.82) is 0 Å². The van der Waals surface area contributed by atoms with Gasteiger partial charge in [-0.3, -0.25) is 13.7 Å². The van der Waals surface area contributed by atoms with Gasteiger partial charge < -0.3 is 4.74 Å². The fraction of sp³-hybridized carbons (Fsp3) is 0.0426. The van der Waals surface area contributed by atoms with E-state index in [9.17, 15) is 50.7 Å². The minimum absolute atomic E-state index is 0.0519.